The third-order valence-electron chi connectivity index (χ3n) is 2.60. The van der Waals surface area contributed by atoms with Crippen LogP contribution in [0.5, 0.6) is 5.75 Å². The molecule has 1 rings (SSSR count). The predicted molar refractivity (Wildman–Crippen MR) is 58.5 cm³/mol. The topological polar surface area (TPSA) is 46.5 Å². The normalized spacial score (nSPS) is 14.2. The first-order valence-electron chi connectivity index (χ1n) is 5.12. The first-order valence-corrected chi connectivity index (χ1v) is 5.12. The minimum absolute atomic E-state index is 0.103. The van der Waals surface area contributed by atoms with Crippen LogP contribution < -0.4 is 4.74 Å². The number of carboxylic acids is 1. The van der Waals surface area contributed by atoms with Gasteiger partial charge in [0.15, 0.2) is 11.6 Å². The summed E-state index contributed by atoms with van der Waals surface area (Å²) in [7, 11) is 1.25. The molecule has 0 aromatic heterocycles. The SMILES string of the molecule is COc1c(F)cc(C(C)F)cc1C(C)C(=O)O. The summed E-state index contributed by atoms with van der Waals surface area (Å²) in [5, 5.41) is 8.90. The van der Waals surface area contributed by atoms with Gasteiger partial charge >= 0.3 is 5.97 Å². The fourth-order valence-electron chi connectivity index (χ4n) is 1.54. The maximum absolute atomic E-state index is 13.6. The van der Waals surface area contributed by atoms with Gasteiger partial charge in [-0.05, 0) is 31.5 Å². The average molecular weight is 244 g/mol. The molecule has 3 nitrogen and oxygen atoms in total. The van der Waals surface area contributed by atoms with Crippen molar-refractivity contribution in [2.75, 3.05) is 7.11 Å². The number of benzene rings is 1. The third kappa shape index (κ3) is 2.72. The highest BCUT2D eigenvalue weighted by molar-refractivity contribution is 5.76. The summed E-state index contributed by atoms with van der Waals surface area (Å²) in [6, 6.07) is 2.34. The van der Waals surface area contributed by atoms with Gasteiger partial charge in [0, 0.05) is 5.56 Å². The van der Waals surface area contributed by atoms with E-state index in [0.29, 0.717) is 0 Å². The zero-order valence-corrected chi connectivity index (χ0v) is 9.83. The number of alkyl halides is 1. The average Bonchev–Trinajstić information content (AvgIpc) is 2.26. The van der Waals surface area contributed by atoms with Crippen LogP contribution in [0.2, 0.25) is 0 Å². The molecular weight excluding hydrogens is 230 g/mol. The molecule has 0 aliphatic heterocycles. The first kappa shape index (κ1) is 13.4. The van der Waals surface area contributed by atoms with Crippen LogP contribution >= 0.6 is 0 Å². The number of hydrogen-bond donors (Lipinski definition) is 1. The van der Waals surface area contributed by atoms with Gasteiger partial charge in [-0.15, -0.1) is 0 Å². The van der Waals surface area contributed by atoms with E-state index in [2.05, 4.69) is 0 Å². The highest BCUT2D eigenvalue weighted by Gasteiger charge is 2.23. The Morgan fingerprint density at radius 2 is 2.00 bits per heavy atom. The lowest BCUT2D eigenvalue weighted by molar-refractivity contribution is -0.138. The van der Waals surface area contributed by atoms with Crippen LogP contribution in [-0.2, 0) is 4.79 Å². The Bertz CT molecular complexity index is 430. The van der Waals surface area contributed by atoms with Crippen molar-refractivity contribution in [3.8, 4) is 5.75 Å². The fourth-order valence-corrected chi connectivity index (χ4v) is 1.54. The summed E-state index contributed by atoms with van der Waals surface area (Å²) in [5.74, 6) is -2.98. The van der Waals surface area contributed by atoms with Gasteiger partial charge in [-0.1, -0.05) is 0 Å². The van der Waals surface area contributed by atoms with Crippen LogP contribution in [0.25, 0.3) is 0 Å². The van der Waals surface area contributed by atoms with Crippen LogP contribution in [0, 0.1) is 5.82 Å². The van der Waals surface area contributed by atoms with E-state index in [1.165, 1.54) is 27.0 Å². The summed E-state index contributed by atoms with van der Waals surface area (Å²) in [5.41, 5.74) is 0.242. The zero-order chi connectivity index (χ0) is 13.2. The highest BCUT2D eigenvalue weighted by atomic mass is 19.1. The second-order valence-electron chi connectivity index (χ2n) is 3.80. The van der Waals surface area contributed by atoms with E-state index in [1.54, 1.807) is 0 Å². The standard InChI is InChI=1S/C12H14F2O3/c1-6(12(15)16)9-4-8(7(2)13)5-10(14)11(9)17-3/h4-7H,1-3H3,(H,15,16). The number of aliphatic carboxylic acids is 1. The van der Waals surface area contributed by atoms with Gasteiger partial charge in [0.05, 0.1) is 13.0 Å². The molecule has 0 aliphatic rings. The predicted octanol–water partition coefficient (Wildman–Crippen LogP) is 3.05. The van der Waals surface area contributed by atoms with Crippen molar-refractivity contribution in [2.24, 2.45) is 0 Å². The second kappa shape index (κ2) is 5.12. The molecule has 0 fully saturated rings. The first-order chi connectivity index (χ1) is 7.88. The molecule has 0 bridgehead atoms. The molecule has 0 spiro atoms. The third-order valence-corrected chi connectivity index (χ3v) is 2.60. The fraction of sp³-hybridized carbons (Fsp3) is 0.417. The highest BCUT2D eigenvalue weighted by Crippen LogP contribution is 2.33. The smallest absolute Gasteiger partial charge is 0.310 e. The lowest BCUT2D eigenvalue weighted by Gasteiger charge is -2.15. The zero-order valence-electron chi connectivity index (χ0n) is 9.83. The van der Waals surface area contributed by atoms with Gasteiger partial charge in [0.25, 0.3) is 0 Å². The number of methoxy groups -OCH3 is 1. The quantitative estimate of drug-likeness (QED) is 0.885. The van der Waals surface area contributed by atoms with Crippen molar-refractivity contribution in [3.63, 3.8) is 0 Å². The largest absolute Gasteiger partial charge is 0.493 e. The molecule has 2 atom stereocenters. The number of hydrogen-bond acceptors (Lipinski definition) is 2. The van der Waals surface area contributed by atoms with Gasteiger partial charge in [-0.25, -0.2) is 8.78 Å². The minimum Gasteiger partial charge on any atom is -0.493 e. The maximum atomic E-state index is 13.6. The number of halogens is 2. The van der Waals surface area contributed by atoms with Crippen LogP contribution in [0.15, 0.2) is 12.1 Å². The van der Waals surface area contributed by atoms with Gasteiger partial charge < -0.3 is 9.84 Å². The van der Waals surface area contributed by atoms with Crippen molar-refractivity contribution in [1.29, 1.82) is 0 Å². The summed E-state index contributed by atoms with van der Waals surface area (Å²) >= 11 is 0. The van der Waals surface area contributed by atoms with Crippen LogP contribution in [0.3, 0.4) is 0 Å². The Balaban J connectivity index is 3.38. The number of rotatable bonds is 4. The van der Waals surface area contributed by atoms with Gasteiger partial charge in [-0.2, -0.15) is 0 Å². The maximum Gasteiger partial charge on any atom is 0.310 e. The van der Waals surface area contributed by atoms with E-state index in [9.17, 15) is 13.6 Å². The van der Waals surface area contributed by atoms with Gasteiger partial charge in [-0.3, -0.25) is 4.79 Å². The van der Waals surface area contributed by atoms with Crippen LogP contribution in [0.4, 0.5) is 8.78 Å². The summed E-state index contributed by atoms with van der Waals surface area (Å²) in [6.45, 7) is 2.66. The van der Waals surface area contributed by atoms with E-state index in [0.717, 1.165) is 6.07 Å². The molecule has 0 amide bonds. The molecule has 94 valence electrons. The molecule has 0 aliphatic carbocycles. The number of ether oxygens (including phenoxy) is 1. The Morgan fingerprint density at radius 3 is 2.41 bits per heavy atom. The molecule has 1 N–H and O–H groups in total. The second-order valence-corrected chi connectivity index (χ2v) is 3.80. The van der Waals surface area contributed by atoms with Crippen molar-refractivity contribution >= 4 is 5.97 Å². The van der Waals surface area contributed by atoms with Crippen molar-refractivity contribution in [2.45, 2.75) is 25.9 Å². The number of carbonyl (C=O) groups is 1. The molecule has 0 heterocycles. The molecule has 1 aromatic rings. The summed E-state index contributed by atoms with van der Waals surface area (Å²) < 4.78 is 31.6. The molecular formula is C12H14F2O3. The van der Waals surface area contributed by atoms with Crippen molar-refractivity contribution < 1.29 is 23.4 Å². The molecule has 0 saturated carbocycles. The van der Waals surface area contributed by atoms with E-state index in [1.807, 2.05) is 0 Å². The molecule has 2 unspecified atom stereocenters. The lowest BCUT2D eigenvalue weighted by atomic mass is 9.96. The van der Waals surface area contributed by atoms with Gasteiger partial charge in [0.2, 0.25) is 0 Å². The number of carboxylic acid groups (broad SMARTS) is 1. The van der Waals surface area contributed by atoms with Crippen LogP contribution in [0.1, 0.15) is 37.1 Å². The monoisotopic (exact) mass is 244 g/mol. The van der Waals surface area contributed by atoms with Crippen molar-refractivity contribution in [3.05, 3.63) is 29.1 Å². The van der Waals surface area contributed by atoms with E-state index >= 15 is 0 Å². The molecule has 1 aromatic carbocycles. The van der Waals surface area contributed by atoms with Crippen molar-refractivity contribution in [1.82, 2.24) is 0 Å². The van der Waals surface area contributed by atoms with Crippen LogP contribution in [-0.4, -0.2) is 18.2 Å². The van der Waals surface area contributed by atoms with Gasteiger partial charge in [0.1, 0.15) is 6.17 Å². The lowest BCUT2D eigenvalue weighted by Crippen LogP contribution is -2.10. The molecule has 0 saturated heterocycles. The minimum atomic E-state index is -1.37. The summed E-state index contributed by atoms with van der Waals surface area (Å²) in [4.78, 5) is 10.9. The van der Waals surface area contributed by atoms with E-state index in [4.69, 9.17) is 9.84 Å². The van der Waals surface area contributed by atoms with E-state index in [-0.39, 0.29) is 16.9 Å². The Kier molecular flexibility index (Phi) is 4.04. The Labute approximate surface area is 98.0 Å². The van der Waals surface area contributed by atoms with E-state index < -0.39 is 23.9 Å². The molecule has 17 heavy (non-hydrogen) atoms. The Morgan fingerprint density at radius 1 is 1.41 bits per heavy atom. The summed E-state index contributed by atoms with van der Waals surface area (Å²) in [6.07, 6.45) is -1.37. The molecule has 0 radical (unpaired) electrons. The molecule has 5 heteroatoms. The Hall–Kier alpha value is -1.65.